The third kappa shape index (κ3) is 1.54. The Morgan fingerprint density at radius 1 is 0.909 bits per heavy atom. The van der Waals surface area contributed by atoms with Crippen LogP contribution in [0.4, 0.5) is 11.4 Å². The maximum atomic E-state index is 11.9. The molecule has 0 saturated heterocycles. The van der Waals surface area contributed by atoms with Crippen molar-refractivity contribution < 1.29 is 14.5 Å². The molecule has 0 saturated carbocycles. The smallest absolute Gasteiger partial charge is 0.269 e. The average Bonchev–Trinajstić information content (AvgIpc) is 3.05. The minimum Gasteiger partial charge on any atom is -0.269 e. The lowest BCUT2D eigenvalue weighted by Gasteiger charge is -2.17. The molecule has 1 aliphatic heterocycles. The highest BCUT2D eigenvalue weighted by Crippen LogP contribution is 2.42. The summed E-state index contributed by atoms with van der Waals surface area (Å²) < 4.78 is 0. The second-order valence-corrected chi connectivity index (χ2v) is 5.34. The van der Waals surface area contributed by atoms with E-state index < -0.39 is 16.7 Å². The van der Waals surface area contributed by atoms with Crippen LogP contribution in [0.3, 0.4) is 0 Å². The molecule has 2 amide bonds. The fourth-order valence-corrected chi connectivity index (χ4v) is 3.27. The molecule has 0 radical (unpaired) electrons. The number of carbonyl (C=O) groups excluding carboxylic acids is 2. The van der Waals surface area contributed by atoms with Crippen LogP contribution in [0.2, 0.25) is 0 Å². The van der Waals surface area contributed by atoms with Crippen LogP contribution in [0, 0.1) is 10.1 Å². The van der Waals surface area contributed by atoms with E-state index in [0.29, 0.717) is 5.39 Å². The van der Waals surface area contributed by atoms with Gasteiger partial charge in [-0.15, -0.1) is 0 Å². The number of anilines is 1. The number of non-ortho nitro benzene ring substituents is 1. The quantitative estimate of drug-likeness (QED) is 0.483. The Balaban J connectivity index is 2.11. The molecule has 0 atom stereocenters. The van der Waals surface area contributed by atoms with E-state index in [1.54, 1.807) is 12.1 Å². The first-order valence-electron chi connectivity index (χ1n) is 6.86. The summed E-state index contributed by atoms with van der Waals surface area (Å²) in [5.41, 5.74) is 2.24. The van der Waals surface area contributed by atoms with Gasteiger partial charge in [-0.1, -0.05) is 12.1 Å². The zero-order valence-electron chi connectivity index (χ0n) is 11.4. The van der Waals surface area contributed by atoms with Gasteiger partial charge in [0.15, 0.2) is 0 Å². The molecule has 108 valence electrons. The summed E-state index contributed by atoms with van der Waals surface area (Å²) in [6.45, 7) is 0. The van der Waals surface area contributed by atoms with Crippen molar-refractivity contribution in [2.45, 2.75) is 12.8 Å². The molecule has 2 aliphatic rings. The second-order valence-electron chi connectivity index (χ2n) is 5.34. The van der Waals surface area contributed by atoms with Crippen LogP contribution in [0.1, 0.15) is 11.1 Å². The molecule has 2 aromatic carbocycles. The molecule has 1 heterocycles. The van der Waals surface area contributed by atoms with Crippen LogP contribution in [-0.4, -0.2) is 16.7 Å². The number of hydrogen-bond acceptors (Lipinski definition) is 4. The standard InChI is InChI=1S/C16H10N2O4/c19-13-7-8-14(20)17(13)11-5-3-9-1-2-10-4-6-12(18(21)22)16(11)15(9)10/h3-8H,1-2H2. The highest BCUT2D eigenvalue weighted by Gasteiger charge is 2.31. The Bertz CT molecular complexity index is 886. The van der Waals surface area contributed by atoms with Crippen LogP contribution >= 0.6 is 0 Å². The van der Waals surface area contributed by atoms with E-state index in [-0.39, 0.29) is 11.4 Å². The summed E-state index contributed by atoms with van der Waals surface area (Å²) >= 11 is 0. The molecule has 0 bridgehead atoms. The predicted molar refractivity (Wildman–Crippen MR) is 79.6 cm³/mol. The maximum absolute atomic E-state index is 11.9. The molecule has 0 unspecified atom stereocenters. The largest absolute Gasteiger partial charge is 0.279 e. The van der Waals surface area contributed by atoms with Crippen LogP contribution in [0.15, 0.2) is 36.4 Å². The molecule has 6 nitrogen and oxygen atoms in total. The van der Waals surface area contributed by atoms with Crippen LogP contribution in [0.25, 0.3) is 10.8 Å². The number of rotatable bonds is 2. The maximum Gasteiger partial charge on any atom is 0.279 e. The molecule has 0 N–H and O–H groups in total. The third-order valence-corrected chi connectivity index (χ3v) is 4.20. The normalized spacial score (nSPS) is 16.1. The Kier molecular flexibility index (Phi) is 2.45. The van der Waals surface area contributed by atoms with Crippen LogP contribution in [-0.2, 0) is 22.4 Å². The van der Waals surface area contributed by atoms with Gasteiger partial charge in [-0.3, -0.25) is 19.7 Å². The van der Waals surface area contributed by atoms with Crippen LogP contribution in [0.5, 0.6) is 0 Å². The molecule has 0 spiro atoms. The van der Waals surface area contributed by atoms with Crippen molar-refractivity contribution in [1.82, 2.24) is 0 Å². The molecule has 0 aromatic heterocycles. The van der Waals surface area contributed by atoms with E-state index in [0.717, 1.165) is 34.3 Å². The molecular formula is C16H10N2O4. The first-order chi connectivity index (χ1) is 10.6. The fraction of sp³-hybridized carbons (Fsp3) is 0.125. The summed E-state index contributed by atoms with van der Waals surface area (Å²) in [6, 6.07) is 6.68. The Morgan fingerprint density at radius 3 is 2.09 bits per heavy atom. The topological polar surface area (TPSA) is 80.5 Å². The summed E-state index contributed by atoms with van der Waals surface area (Å²) in [5.74, 6) is -0.948. The number of carbonyl (C=O) groups is 2. The number of nitro benzene ring substituents is 1. The highest BCUT2D eigenvalue weighted by atomic mass is 16.6. The minimum atomic E-state index is -0.474. The number of amides is 2. The van der Waals surface area contributed by atoms with Gasteiger partial charge in [0.2, 0.25) is 0 Å². The van der Waals surface area contributed by atoms with E-state index in [1.165, 1.54) is 18.2 Å². The van der Waals surface area contributed by atoms with E-state index in [1.807, 2.05) is 6.07 Å². The molecule has 1 aliphatic carbocycles. The molecule has 4 rings (SSSR count). The minimum absolute atomic E-state index is 0.0787. The SMILES string of the molecule is O=C1C=CC(=O)N1c1ccc2c3c(ccc([N+](=O)[O-])c13)CC2. The number of hydrogen-bond donors (Lipinski definition) is 0. The average molecular weight is 294 g/mol. The van der Waals surface area contributed by atoms with Crippen molar-refractivity contribution in [2.75, 3.05) is 4.90 Å². The number of benzene rings is 2. The monoisotopic (exact) mass is 294 g/mol. The number of nitro groups is 1. The Hall–Kier alpha value is -3.02. The van der Waals surface area contributed by atoms with Crippen molar-refractivity contribution in [3.05, 3.63) is 57.7 Å². The third-order valence-electron chi connectivity index (χ3n) is 4.20. The summed E-state index contributed by atoms with van der Waals surface area (Å²) in [5, 5.41) is 12.6. The van der Waals surface area contributed by atoms with Gasteiger partial charge in [0.05, 0.1) is 16.0 Å². The summed E-state index contributed by atoms with van der Waals surface area (Å²) in [7, 11) is 0. The van der Waals surface area contributed by atoms with Gasteiger partial charge in [0, 0.05) is 18.2 Å². The molecular weight excluding hydrogens is 284 g/mol. The van der Waals surface area contributed by atoms with E-state index in [9.17, 15) is 19.7 Å². The second kappa shape index (κ2) is 4.24. The summed E-state index contributed by atoms with van der Waals surface area (Å²) in [4.78, 5) is 35.8. The summed E-state index contributed by atoms with van der Waals surface area (Å²) in [6.07, 6.45) is 3.98. The zero-order chi connectivity index (χ0) is 15.4. The van der Waals surface area contributed by atoms with Gasteiger partial charge in [0.25, 0.3) is 17.5 Å². The molecule has 2 aromatic rings. The van der Waals surface area contributed by atoms with Gasteiger partial charge in [-0.05, 0) is 35.4 Å². The lowest BCUT2D eigenvalue weighted by atomic mass is 10.0. The number of nitrogens with zero attached hydrogens (tertiary/aromatic N) is 2. The molecule has 0 fully saturated rings. The van der Waals surface area contributed by atoms with Gasteiger partial charge in [-0.25, -0.2) is 4.90 Å². The van der Waals surface area contributed by atoms with Crippen molar-refractivity contribution in [3.8, 4) is 0 Å². The van der Waals surface area contributed by atoms with Gasteiger partial charge in [-0.2, -0.15) is 0 Å². The van der Waals surface area contributed by atoms with Gasteiger partial charge in [0.1, 0.15) is 0 Å². The lowest BCUT2D eigenvalue weighted by Crippen LogP contribution is -2.29. The van der Waals surface area contributed by atoms with Crippen molar-refractivity contribution in [2.24, 2.45) is 0 Å². The van der Waals surface area contributed by atoms with Gasteiger partial charge < -0.3 is 0 Å². The molecule has 6 heteroatoms. The first-order valence-corrected chi connectivity index (χ1v) is 6.86. The first kappa shape index (κ1) is 12.7. The molecule has 22 heavy (non-hydrogen) atoms. The van der Waals surface area contributed by atoms with Crippen LogP contribution < -0.4 is 4.90 Å². The predicted octanol–water partition coefficient (Wildman–Crippen LogP) is 2.28. The van der Waals surface area contributed by atoms with Gasteiger partial charge >= 0.3 is 0 Å². The van der Waals surface area contributed by atoms with Crippen molar-refractivity contribution in [3.63, 3.8) is 0 Å². The van der Waals surface area contributed by atoms with Crippen molar-refractivity contribution >= 4 is 34.0 Å². The van der Waals surface area contributed by atoms with E-state index in [2.05, 4.69) is 0 Å². The highest BCUT2D eigenvalue weighted by molar-refractivity contribution is 6.31. The van der Waals surface area contributed by atoms with Crippen molar-refractivity contribution in [1.29, 1.82) is 0 Å². The van der Waals surface area contributed by atoms with E-state index >= 15 is 0 Å². The van der Waals surface area contributed by atoms with E-state index in [4.69, 9.17) is 0 Å². The number of aryl methyl sites for hydroxylation is 2. The Morgan fingerprint density at radius 2 is 1.50 bits per heavy atom. The fourth-order valence-electron chi connectivity index (χ4n) is 3.27. The Labute approximate surface area is 124 Å². The number of imide groups is 1. The lowest BCUT2D eigenvalue weighted by molar-refractivity contribution is -0.383. The zero-order valence-corrected chi connectivity index (χ0v) is 11.4.